The summed E-state index contributed by atoms with van der Waals surface area (Å²) in [5.41, 5.74) is 9.02. The van der Waals surface area contributed by atoms with E-state index in [1.165, 1.54) is 5.56 Å². The van der Waals surface area contributed by atoms with Crippen molar-refractivity contribution in [3.63, 3.8) is 0 Å². The Morgan fingerprint density at radius 3 is 2.41 bits per heavy atom. The summed E-state index contributed by atoms with van der Waals surface area (Å²) in [5.74, 6) is 0.232. The summed E-state index contributed by atoms with van der Waals surface area (Å²) in [6.45, 7) is 3.84. The maximum atomic E-state index is 11.6. The van der Waals surface area contributed by atoms with Gasteiger partial charge in [-0.15, -0.1) is 0 Å². The molecule has 114 valence electrons. The number of rotatable bonds is 4. The summed E-state index contributed by atoms with van der Waals surface area (Å²) in [4.78, 5) is 15.5. The largest absolute Gasteiger partial charge is 0.370 e. The molecular formula is C18H21N3O. The van der Waals surface area contributed by atoms with Gasteiger partial charge in [0.1, 0.15) is 11.8 Å². The highest BCUT2D eigenvalue weighted by Gasteiger charge is 2.26. The van der Waals surface area contributed by atoms with Crippen molar-refractivity contribution >= 4 is 12.2 Å². The van der Waals surface area contributed by atoms with E-state index in [0.717, 1.165) is 23.0 Å². The number of hydrogen-bond acceptors (Lipinski definition) is 2. The second kappa shape index (κ2) is 6.43. The molecule has 0 aliphatic carbocycles. The van der Waals surface area contributed by atoms with Gasteiger partial charge in [0.25, 0.3) is 0 Å². The Kier molecular flexibility index (Phi) is 4.61. The van der Waals surface area contributed by atoms with Crippen molar-refractivity contribution in [3.8, 4) is 11.1 Å². The van der Waals surface area contributed by atoms with Crippen molar-refractivity contribution in [2.75, 3.05) is 7.05 Å². The van der Waals surface area contributed by atoms with Gasteiger partial charge in [0.2, 0.25) is 0 Å². The van der Waals surface area contributed by atoms with Crippen LogP contribution >= 0.6 is 0 Å². The van der Waals surface area contributed by atoms with Crippen LogP contribution in [-0.4, -0.2) is 19.3 Å². The average molecular weight is 295 g/mol. The lowest BCUT2D eigenvalue weighted by atomic mass is 9.90. The fourth-order valence-electron chi connectivity index (χ4n) is 2.34. The lowest BCUT2D eigenvalue weighted by molar-refractivity contribution is -0.112. The van der Waals surface area contributed by atoms with Crippen LogP contribution < -0.4 is 11.1 Å². The Labute approximate surface area is 131 Å². The number of carbonyl (C=O) groups excluding carboxylic acids is 1. The molecule has 0 saturated heterocycles. The monoisotopic (exact) mass is 295 g/mol. The molecule has 2 rings (SSSR count). The number of benzene rings is 2. The van der Waals surface area contributed by atoms with Crippen LogP contribution in [0.15, 0.2) is 53.5 Å². The maximum Gasteiger partial charge on any atom is 0.189 e. The minimum absolute atomic E-state index is 0.232. The molecule has 2 aromatic carbocycles. The molecule has 0 amide bonds. The van der Waals surface area contributed by atoms with Gasteiger partial charge in [0.15, 0.2) is 5.96 Å². The number of carbonyl (C=O) groups is 1. The number of nitrogens with zero attached hydrogens (tertiary/aromatic N) is 1. The van der Waals surface area contributed by atoms with Gasteiger partial charge in [0.05, 0.1) is 0 Å². The fraction of sp³-hybridized carbons (Fsp3) is 0.222. The van der Waals surface area contributed by atoms with Gasteiger partial charge >= 0.3 is 0 Å². The number of hydrogen-bond donors (Lipinski definition) is 2. The first-order chi connectivity index (χ1) is 10.5. The van der Waals surface area contributed by atoms with Crippen LogP contribution in [0.4, 0.5) is 0 Å². The first kappa shape index (κ1) is 15.8. The average Bonchev–Trinajstić information content (AvgIpc) is 2.54. The van der Waals surface area contributed by atoms with Gasteiger partial charge in [-0.05, 0) is 36.6 Å². The smallest absolute Gasteiger partial charge is 0.189 e. The van der Waals surface area contributed by atoms with Crippen LogP contribution in [0.25, 0.3) is 11.1 Å². The highest BCUT2D eigenvalue weighted by atomic mass is 16.1. The highest BCUT2D eigenvalue weighted by molar-refractivity contribution is 5.84. The van der Waals surface area contributed by atoms with E-state index >= 15 is 0 Å². The molecule has 0 aromatic heterocycles. The van der Waals surface area contributed by atoms with E-state index in [-0.39, 0.29) is 5.96 Å². The van der Waals surface area contributed by atoms with Crippen LogP contribution in [-0.2, 0) is 10.3 Å². The van der Waals surface area contributed by atoms with Crippen molar-refractivity contribution in [1.29, 1.82) is 0 Å². The molecule has 4 nitrogen and oxygen atoms in total. The van der Waals surface area contributed by atoms with Crippen molar-refractivity contribution in [2.24, 2.45) is 10.7 Å². The number of guanidine groups is 1. The molecule has 0 radical (unpaired) electrons. The van der Waals surface area contributed by atoms with Gasteiger partial charge in [-0.25, -0.2) is 0 Å². The Hall–Kier alpha value is -2.62. The molecule has 0 fully saturated rings. The summed E-state index contributed by atoms with van der Waals surface area (Å²) in [6, 6.07) is 16.1. The van der Waals surface area contributed by atoms with Crippen molar-refractivity contribution in [1.82, 2.24) is 5.32 Å². The SMILES string of the molecule is CN=C(N)NC(C)(C=O)c1cccc(-c2cccc(C)c2)c1. The van der Waals surface area contributed by atoms with E-state index in [0.29, 0.717) is 0 Å². The minimum Gasteiger partial charge on any atom is -0.370 e. The highest BCUT2D eigenvalue weighted by Crippen LogP contribution is 2.26. The Balaban J connectivity index is 2.44. The molecule has 0 saturated carbocycles. The number of aryl methyl sites for hydroxylation is 1. The van der Waals surface area contributed by atoms with Gasteiger partial charge < -0.3 is 15.8 Å². The molecule has 0 aliphatic heterocycles. The Morgan fingerprint density at radius 2 is 1.82 bits per heavy atom. The lowest BCUT2D eigenvalue weighted by Gasteiger charge is -2.26. The predicted octanol–water partition coefficient (Wildman–Crippen LogP) is 2.61. The van der Waals surface area contributed by atoms with E-state index in [9.17, 15) is 4.79 Å². The van der Waals surface area contributed by atoms with Crippen LogP contribution in [0, 0.1) is 6.92 Å². The van der Waals surface area contributed by atoms with Crippen LogP contribution in [0.3, 0.4) is 0 Å². The van der Waals surface area contributed by atoms with Crippen molar-refractivity contribution in [3.05, 3.63) is 59.7 Å². The maximum absolute atomic E-state index is 11.6. The zero-order chi connectivity index (χ0) is 16.2. The van der Waals surface area contributed by atoms with Gasteiger partial charge in [0, 0.05) is 7.05 Å². The molecule has 0 spiro atoms. The summed E-state index contributed by atoms with van der Waals surface area (Å²) in [5, 5.41) is 2.96. The number of nitrogens with one attached hydrogen (secondary N) is 1. The zero-order valence-corrected chi connectivity index (χ0v) is 13.1. The molecule has 1 unspecified atom stereocenters. The third kappa shape index (κ3) is 3.34. The lowest BCUT2D eigenvalue weighted by Crippen LogP contribution is -2.48. The van der Waals surface area contributed by atoms with E-state index in [2.05, 4.69) is 35.4 Å². The normalized spacial score (nSPS) is 14.2. The molecular weight excluding hydrogens is 274 g/mol. The molecule has 0 heterocycles. The van der Waals surface area contributed by atoms with E-state index < -0.39 is 5.54 Å². The van der Waals surface area contributed by atoms with Gasteiger partial charge in [-0.1, -0.05) is 48.0 Å². The molecule has 0 aliphatic rings. The minimum atomic E-state index is -0.913. The van der Waals surface area contributed by atoms with Crippen LogP contribution in [0.5, 0.6) is 0 Å². The van der Waals surface area contributed by atoms with Crippen LogP contribution in [0.1, 0.15) is 18.1 Å². The standard InChI is InChI=1S/C18H21N3O/c1-13-6-4-7-14(10-13)15-8-5-9-16(11-15)18(2,12-22)21-17(19)20-3/h4-12H,1-3H3,(H3,19,20,21). The molecule has 3 N–H and O–H groups in total. The second-order valence-electron chi connectivity index (χ2n) is 5.50. The molecule has 22 heavy (non-hydrogen) atoms. The number of nitrogens with two attached hydrogens (primary N) is 1. The van der Waals surface area contributed by atoms with Gasteiger partial charge in [-0.3, -0.25) is 4.99 Å². The Morgan fingerprint density at radius 1 is 1.18 bits per heavy atom. The first-order valence-corrected chi connectivity index (χ1v) is 7.13. The van der Waals surface area contributed by atoms with E-state index in [4.69, 9.17) is 5.73 Å². The zero-order valence-electron chi connectivity index (χ0n) is 13.1. The fourth-order valence-corrected chi connectivity index (χ4v) is 2.34. The second-order valence-corrected chi connectivity index (χ2v) is 5.50. The van der Waals surface area contributed by atoms with Crippen molar-refractivity contribution in [2.45, 2.75) is 19.4 Å². The Bertz CT molecular complexity index is 709. The predicted molar refractivity (Wildman–Crippen MR) is 90.7 cm³/mol. The molecule has 4 heteroatoms. The van der Waals surface area contributed by atoms with Crippen LogP contribution in [0.2, 0.25) is 0 Å². The first-order valence-electron chi connectivity index (χ1n) is 7.13. The third-order valence-corrected chi connectivity index (χ3v) is 3.68. The van der Waals surface area contributed by atoms with Crippen molar-refractivity contribution < 1.29 is 4.79 Å². The summed E-state index contributed by atoms with van der Waals surface area (Å²) in [7, 11) is 1.58. The molecule has 0 bridgehead atoms. The van der Waals surface area contributed by atoms with E-state index in [1.54, 1.807) is 14.0 Å². The third-order valence-electron chi connectivity index (χ3n) is 3.68. The van der Waals surface area contributed by atoms with Gasteiger partial charge in [-0.2, -0.15) is 0 Å². The molecule has 2 aromatic rings. The quantitative estimate of drug-likeness (QED) is 0.517. The molecule has 1 atom stereocenters. The summed E-state index contributed by atoms with van der Waals surface area (Å²) >= 11 is 0. The summed E-state index contributed by atoms with van der Waals surface area (Å²) < 4.78 is 0. The van der Waals surface area contributed by atoms with E-state index in [1.807, 2.05) is 30.3 Å². The number of aliphatic imine (C=N–C) groups is 1. The number of aldehydes is 1. The topological polar surface area (TPSA) is 67.5 Å². The summed E-state index contributed by atoms with van der Waals surface area (Å²) in [6.07, 6.45) is 0.848.